The number of nitrogens with one attached hydrogen (secondary N) is 1. The predicted octanol–water partition coefficient (Wildman–Crippen LogP) is 4.27. The van der Waals surface area contributed by atoms with Gasteiger partial charge in [-0.1, -0.05) is 0 Å². The number of methoxy groups -OCH3 is 2. The second kappa shape index (κ2) is 10.8. The monoisotopic (exact) mass is 509 g/mol. The topological polar surface area (TPSA) is 96.5 Å². The van der Waals surface area contributed by atoms with E-state index in [4.69, 9.17) is 18.9 Å². The first-order chi connectivity index (χ1) is 18.0. The Labute approximate surface area is 216 Å². The van der Waals surface area contributed by atoms with Crippen molar-refractivity contribution in [3.63, 3.8) is 0 Å². The van der Waals surface area contributed by atoms with E-state index in [9.17, 15) is 9.90 Å². The van der Waals surface area contributed by atoms with Crippen LogP contribution in [-0.4, -0.2) is 79.6 Å². The van der Waals surface area contributed by atoms with E-state index < -0.39 is 0 Å². The molecule has 2 aromatic carbocycles. The first kappa shape index (κ1) is 25.1. The van der Waals surface area contributed by atoms with Gasteiger partial charge in [0.2, 0.25) is 0 Å². The maximum Gasteiger partial charge on any atom is 0.320 e. The zero-order chi connectivity index (χ0) is 25.9. The van der Waals surface area contributed by atoms with Crippen LogP contribution in [0.25, 0.3) is 10.9 Å². The molecule has 5 rings (SSSR count). The molecule has 37 heavy (non-hydrogen) atoms. The average Bonchev–Trinajstić information content (AvgIpc) is 3.34. The predicted molar refractivity (Wildman–Crippen MR) is 140 cm³/mol. The summed E-state index contributed by atoms with van der Waals surface area (Å²) < 4.78 is 22.4. The van der Waals surface area contributed by atoms with Gasteiger partial charge >= 0.3 is 6.03 Å². The number of amides is 2. The van der Waals surface area contributed by atoms with Gasteiger partial charge in [0, 0.05) is 37.3 Å². The van der Waals surface area contributed by atoms with Gasteiger partial charge in [-0.3, -0.25) is 0 Å². The number of phenolic OH excluding ortho intramolecular Hbond substituents is 1. The Balaban J connectivity index is 1.50. The van der Waals surface area contributed by atoms with Crippen molar-refractivity contribution in [2.75, 3.05) is 53.7 Å². The maximum absolute atomic E-state index is 13.7. The lowest BCUT2D eigenvalue weighted by molar-refractivity contribution is 0.0376. The third kappa shape index (κ3) is 4.87. The van der Waals surface area contributed by atoms with E-state index in [1.165, 1.54) is 5.56 Å². The summed E-state index contributed by atoms with van der Waals surface area (Å²) >= 11 is 0. The number of phenols is 1. The molecule has 198 valence electrons. The Morgan fingerprint density at radius 3 is 2.65 bits per heavy atom. The first-order valence-corrected chi connectivity index (χ1v) is 12.9. The molecular formula is C28H35N3O6. The molecule has 2 amide bonds. The molecule has 2 N–H and O–H groups in total. The molecule has 0 radical (unpaired) electrons. The van der Waals surface area contributed by atoms with Gasteiger partial charge in [0.05, 0.1) is 45.6 Å². The quantitative estimate of drug-likeness (QED) is 0.494. The fourth-order valence-corrected chi connectivity index (χ4v) is 5.47. The highest BCUT2D eigenvalue weighted by Crippen LogP contribution is 2.41. The third-order valence-electron chi connectivity index (χ3n) is 7.36. The molecule has 0 saturated carbocycles. The van der Waals surface area contributed by atoms with Crippen molar-refractivity contribution < 1.29 is 28.8 Å². The molecule has 0 bridgehead atoms. The van der Waals surface area contributed by atoms with Crippen LogP contribution in [0.4, 0.5) is 4.79 Å². The lowest BCUT2D eigenvalue weighted by atomic mass is 9.88. The van der Waals surface area contributed by atoms with Crippen LogP contribution in [-0.2, 0) is 17.6 Å². The van der Waals surface area contributed by atoms with Crippen LogP contribution in [0.3, 0.4) is 0 Å². The average molecular weight is 510 g/mol. The number of fused-ring (bicyclic) bond motifs is 2. The van der Waals surface area contributed by atoms with E-state index in [1.54, 1.807) is 20.3 Å². The molecule has 1 fully saturated rings. The normalized spacial score (nSPS) is 17.5. The number of carbonyl (C=O) groups is 1. The number of urea groups is 1. The zero-order valence-electron chi connectivity index (χ0n) is 21.7. The van der Waals surface area contributed by atoms with Crippen molar-refractivity contribution in [2.24, 2.45) is 0 Å². The highest BCUT2D eigenvalue weighted by atomic mass is 16.5. The molecule has 0 aliphatic carbocycles. The van der Waals surface area contributed by atoms with Crippen LogP contribution in [0.2, 0.25) is 0 Å². The van der Waals surface area contributed by atoms with Gasteiger partial charge in [0.15, 0.2) is 11.5 Å². The van der Waals surface area contributed by atoms with E-state index in [-0.39, 0.29) is 17.8 Å². The van der Waals surface area contributed by atoms with Crippen LogP contribution in [0.1, 0.15) is 36.1 Å². The van der Waals surface area contributed by atoms with Gasteiger partial charge in [-0.2, -0.15) is 0 Å². The number of benzene rings is 2. The fraction of sp³-hybridized carbons (Fsp3) is 0.464. The Morgan fingerprint density at radius 2 is 1.92 bits per heavy atom. The number of rotatable bonds is 7. The van der Waals surface area contributed by atoms with Crippen molar-refractivity contribution in [3.05, 3.63) is 47.2 Å². The van der Waals surface area contributed by atoms with Crippen molar-refractivity contribution in [3.8, 4) is 23.0 Å². The molecular weight excluding hydrogens is 474 g/mol. The van der Waals surface area contributed by atoms with Crippen LogP contribution in [0.15, 0.2) is 30.5 Å². The number of aryl methyl sites for hydroxylation is 1. The summed E-state index contributed by atoms with van der Waals surface area (Å²) in [7, 11) is 3.24. The molecule has 2 aliphatic rings. The van der Waals surface area contributed by atoms with E-state index in [0.717, 1.165) is 22.9 Å². The highest BCUT2D eigenvalue weighted by Gasteiger charge is 2.35. The molecule has 1 unspecified atom stereocenters. The van der Waals surface area contributed by atoms with Crippen molar-refractivity contribution in [1.82, 2.24) is 14.8 Å². The van der Waals surface area contributed by atoms with Gasteiger partial charge in [0.1, 0.15) is 11.5 Å². The minimum absolute atomic E-state index is 0.0472. The van der Waals surface area contributed by atoms with E-state index in [0.29, 0.717) is 75.1 Å². The summed E-state index contributed by atoms with van der Waals surface area (Å²) in [6.45, 7) is 5.43. The number of H-pyrrole nitrogens is 1. The smallest absolute Gasteiger partial charge is 0.320 e. The third-order valence-corrected chi connectivity index (χ3v) is 7.36. The molecule has 9 nitrogen and oxygen atoms in total. The van der Waals surface area contributed by atoms with Gasteiger partial charge in [-0.25, -0.2) is 4.79 Å². The number of aromatic hydroxyl groups is 1. The fourth-order valence-electron chi connectivity index (χ4n) is 5.47. The summed E-state index contributed by atoms with van der Waals surface area (Å²) in [6, 6.07) is 7.55. The van der Waals surface area contributed by atoms with Gasteiger partial charge in [-0.15, -0.1) is 0 Å². The van der Waals surface area contributed by atoms with E-state index >= 15 is 0 Å². The molecule has 9 heteroatoms. The number of aromatic amines is 1. The molecule has 1 saturated heterocycles. The SMILES string of the molecule is CCOc1cc2c(cc1OC)CCN(C(=O)N1CCOCC1)C2CCc1c[nH]c2c(O)cc(OC)cc12. The minimum atomic E-state index is -0.131. The Bertz CT molecular complexity index is 1270. The summed E-state index contributed by atoms with van der Waals surface area (Å²) in [6.07, 6.45) is 4.11. The van der Waals surface area contributed by atoms with Gasteiger partial charge < -0.3 is 38.8 Å². The lowest BCUT2D eigenvalue weighted by Gasteiger charge is -2.41. The van der Waals surface area contributed by atoms with E-state index in [1.807, 2.05) is 35.1 Å². The van der Waals surface area contributed by atoms with Crippen molar-refractivity contribution in [2.45, 2.75) is 32.2 Å². The number of carbonyl (C=O) groups excluding carboxylic acids is 1. The van der Waals surface area contributed by atoms with Crippen LogP contribution in [0, 0.1) is 0 Å². The summed E-state index contributed by atoms with van der Waals surface area (Å²) in [4.78, 5) is 20.8. The summed E-state index contributed by atoms with van der Waals surface area (Å²) in [5.74, 6) is 2.16. The Kier molecular flexibility index (Phi) is 7.32. The number of nitrogens with zero attached hydrogens (tertiary/aromatic N) is 2. The largest absolute Gasteiger partial charge is 0.506 e. The van der Waals surface area contributed by atoms with E-state index in [2.05, 4.69) is 11.1 Å². The molecule has 1 atom stereocenters. The number of hydrogen-bond donors (Lipinski definition) is 2. The molecule has 3 aromatic rings. The second-order valence-corrected chi connectivity index (χ2v) is 9.40. The number of aromatic nitrogens is 1. The lowest BCUT2D eigenvalue weighted by Crippen LogP contribution is -2.51. The van der Waals surface area contributed by atoms with Gasteiger partial charge in [0.25, 0.3) is 0 Å². The minimum Gasteiger partial charge on any atom is -0.506 e. The Hall–Kier alpha value is -3.59. The van der Waals surface area contributed by atoms with Crippen LogP contribution in [0.5, 0.6) is 23.0 Å². The standard InChI is InChI=1S/C28H35N3O6/c1-4-37-26-16-21-18(13-25(26)35-3)7-8-31(28(33)30-9-11-36-12-10-30)23(21)6-5-19-17-29-27-22(19)14-20(34-2)15-24(27)32/h13-17,23,29,32H,4-12H2,1-3H3. The Morgan fingerprint density at radius 1 is 1.11 bits per heavy atom. The second-order valence-electron chi connectivity index (χ2n) is 9.40. The number of hydrogen-bond acceptors (Lipinski definition) is 6. The maximum atomic E-state index is 13.7. The number of morpholine rings is 1. The van der Waals surface area contributed by atoms with Crippen molar-refractivity contribution >= 4 is 16.9 Å². The summed E-state index contributed by atoms with van der Waals surface area (Å²) in [5.41, 5.74) is 4.02. The van der Waals surface area contributed by atoms with Gasteiger partial charge in [-0.05, 0) is 61.1 Å². The summed E-state index contributed by atoms with van der Waals surface area (Å²) in [5, 5.41) is 11.3. The molecule has 3 heterocycles. The molecule has 0 spiro atoms. The highest BCUT2D eigenvalue weighted by molar-refractivity contribution is 5.89. The van der Waals surface area contributed by atoms with Crippen LogP contribution < -0.4 is 14.2 Å². The molecule has 1 aromatic heterocycles. The number of ether oxygens (including phenoxy) is 4. The van der Waals surface area contributed by atoms with Crippen molar-refractivity contribution in [1.29, 1.82) is 0 Å². The first-order valence-electron chi connectivity index (χ1n) is 12.9. The van der Waals surface area contributed by atoms with Crippen LogP contribution >= 0.6 is 0 Å². The zero-order valence-corrected chi connectivity index (χ0v) is 21.7. The molecule has 2 aliphatic heterocycles.